The van der Waals surface area contributed by atoms with Gasteiger partial charge in [-0.2, -0.15) is 0 Å². The number of rotatable bonds is 2. The van der Waals surface area contributed by atoms with Crippen molar-refractivity contribution >= 4 is 15.5 Å². The maximum Gasteiger partial charge on any atom is 0.175 e. The van der Waals surface area contributed by atoms with Crippen molar-refractivity contribution in [1.29, 1.82) is 0 Å². The first-order chi connectivity index (χ1) is 7.98. The van der Waals surface area contributed by atoms with Crippen LogP contribution >= 0.6 is 0 Å². The van der Waals surface area contributed by atoms with Gasteiger partial charge in [-0.25, -0.2) is 12.8 Å². The van der Waals surface area contributed by atoms with Gasteiger partial charge in [0.1, 0.15) is 5.82 Å². The summed E-state index contributed by atoms with van der Waals surface area (Å²) in [5, 5.41) is 2.18. The number of halogens is 1. The van der Waals surface area contributed by atoms with Crippen molar-refractivity contribution in [3.05, 3.63) is 24.0 Å². The Bertz CT molecular complexity index is 510. The van der Waals surface area contributed by atoms with E-state index in [9.17, 15) is 12.8 Å². The SMILES string of the molecule is CS(=O)(=O)c1ccc(N2CC[NH2+]CC2)c(F)c1. The zero-order chi connectivity index (χ0) is 12.5. The topological polar surface area (TPSA) is 54.0 Å². The predicted octanol–water partition coefficient (Wildman–Crippen LogP) is -0.387. The van der Waals surface area contributed by atoms with Crippen molar-refractivity contribution in [3.63, 3.8) is 0 Å². The van der Waals surface area contributed by atoms with Crippen LogP contribution < -0.4 is 10.2 Å². The first-order valence-corrected chi connectivity index (χ1v) is 7.44. The normalized spacial score (nSPS) is 17.2. The zero-order valence-corrected chi connectivity index (χ0v) is 10.5. The third-order valence-electron chi connectivity index (χ3n) is 2.89. The van der Waals surface area contributed by atoms with E-state index in [1.165, 1.54) is 6.07 Å². The lowest BCUT2D eigenvalue weighted by atomic mass is 10.2. The van der Waals surface area contributed by atoms with Gasteiger partial charge in [0.25, 0.3) is 0 Å². The summed E-state index contributed by atoms with van der Waals surface area (Å²) in [6.45, 7) is 3.45. The fraction of sp³-hybridized carbons (Fsp3) is 0.455. The van der Waals surface area contributed by atoms with Gasteiger partial charge in [0.05, 0.1) is 36.8 Å². The van der Waals surface area contributed by atoms with Crippen molar-refractivity contribution in [3.8, 4) is 0 Å². The summed E-state index contributed by atoms with van der Waals surface area (Å²) in [5.41, 5.74) is 0.491. The minimum absolute atomic E-state index is 0.0299. The molecule has 0 aromatic heterocycles. The van der Waals surface area contributed by atoms with E-state index in [-0.39, 0.29) is 4.90 Å². The van der Waals surface area contributed by atoms with Gasteiger partial charge in [-0.3, -0.25) is 0 Å². The van der Waals surface area contributed by atoms with Crippen LogP contribution in [0.2, 0.25) is 0 Å². The summed E-state index contributed by atoms with van der Waals surface area (Å²) in [4.78, 5) is 1.98. The van der Waals surface area contributed by atoms with Crippen LogP contribution in [0.15, 0.2) is 23.1 Å². The molecule has 2 N–H and O–H groups in total. The molecule has 6 heteroatoms. The Kier molecular flexibility index (Phi) is 3.35. The Balaban J connectivity index is 2.31. The third-order valence-corrected chi connectivity index (χ3v) is 4.00. The molecule has 1 aromatic rings. The van der Waals surface area contributed by atoms with Crippen LogP contribution in [0.25, 0.3) is 0 Å². The quantitative estimate of drug-likeness (QED) is 0.787. The minimum atomic E-state index is -3.34. The molecule has 0 atom stereocenters. The summed E-state index contributed by atoms with van der Waals surface area (Å²) in [6, 6.07) is 4.12. The molecule has 17 heavy (non-hydrogen) atoms. The monoisotopic (exact) mass is 259 g/mol. The molecule has 4 nitrogen and oxygen atoms in total. The molecular weight excluding hydrogens is 243 g/mol. The van der Waals surface area contributed by atoms with E-state index in [4.69, 9.17) is 0 Å². The first-order valence-electron chi connectivity index (χ1n) is 5.55. The molecule has 94 valence electrons. The van der Waals surface area contributed by atoms with Crippen LogP contribution in [0.3, 0.4) is 0 Å². The fourth-order valence-electron chi connectivity index (χ4n) is 1.97. The van der Waals surface area contributed by atoms with E-state index in [1.807, 2.05) is 4.90 Å². The fourth-order valence-corrected chi connectivity index (χ4v) is 2.60. The molecule has 0 spiro atoms. The maximum absolute atomic E-state index is 13.8. The van der Waals surface area contributed by atoms with Gasteiger partial charge in [0.2, 0.25) is 0 Å². The van der Waals surface area contributed by atoms with Crippen LogP contribution in [0, 0.1) is 5.82 Å². The molecule has 1 aliphatic rings. The van der Waals surface area contributed by atoms with E-state index in [1.54, 1.807) is 6.07 Å². The Labute approximate surface area is 100 Å². The van der Waals surface area contributed by atoms with Gasteiger partial charge in [-0.15, -0.1) is 0 Å². The van der Waals surface area contributed by atoms with Crippen LogP contribution in [-0.2, 0) is 9.84 Å². The highest BCUT2D eigenvalue weighted by molar-refractivity contribution is 7.90. The van der Waals surface area contributed by atoms with Gasteiger partial charge < -0.3 is 10.2 Å². The summed E-state index contributed by atoms with van der Waals surface area (Å²) < 4.78 is 36.4. The Hall–Kier alpha value is -1.14. The standard InChI is InChI=1S/C11H15FN2O2S/c1-17(15,16)9-2-3-11(10(12)8-9)14-6-4-13-5-7-14/h2-3,8,13H,4-7H2,1H3/p+1. The molecule has 1 heterocycles. The van der Waals surface area contributed by atoms with Gasteiger partial charge >= 0.3 is 0 Å². The zero-order valence-electron chi connectivity index (χ0n) is 9.69. The van der Waals surface area contributed by atoms with E-state index >= 15 is 0 Å². The average molecular weight is 259 g/mol. The van der Waals surface area contributed by atoms with Gasteiger partial charge in [0.15, 0.2) is 9.84 Å². The van der Waals surface area contributed by atoms with E-state index in [0.717, 1.165) is 38.5 Å². The second-order valence-electron chi connectivity index (χ2n) is 4.24. The lowest BCUT2D eigenvalue weighted by Crippen LogP contribution is -2.89. The van der Waals surface area contributed by atoms with E-state index < -0.39 is 15.7 Å². The summed E-state index contributed by atoms with van der Waals surface area (Å²) in [5.74, 6) is -0.463. The molecule has 1 aliphatic heterocycles. The number of benzene rings is 1. The van der Waals surface area contributed by atoms with Crippen molar-refractivity contribution in [2.45, 2.75) is 4.90 Å². The van der Waals surface area contributed by atoms with E-state index in [2.05, 4.69) is 5.32 Å². The largest absolute Gasteiger partial charge is 0.358 e. The predicted molar refractivity (Wildman–Crippen MR) is 63.4 cm³/mol. The van der Waals surface area contributed by atoms with Gasteiger partial charge in [0, 0.05) is 6.26 Å². The highest BCUT2D eigenvalue weighted by atomic mass is 32.2. The number of nitrogens with zero attached hydrogens (tertiary/aromatic N) is 1. The van der Waals surface area contributed by atoms with Crippen molar-refractivity contribution in [1.82, 2.24) is 0 Å². The number of piperazine rings is 1. The highest BCUT2D eigenvalue weighted by Gasteiger charge is 2.18. The number of quaternary nitrogens is 1. The molecule has 0 unspecified atom stereocenters. The van der Waals surface area contributed by atoms with Crippen LogP contribution in [-0.4, -0.2) is 40.9 Å². The minimum Gasteiger partial charge on any atom is -0.358 e. The van der Waals surface area contributed by atoms with Crippen LogP contribution in [0.4, 0.5) is 10.1 Å². The van der Waals surface area contributed by atoms with Crippen LogP contribution in [0.5, 0.6) is 0 Å². The molecule has 0 amide bonds. The Morgan fingerprint density at radius 2 is 1.94 bits per heavy atom. The highest BCUT2D eigenvalue weighted by Crippen LogP contribution is 2.22. The molecule has 1 saturated heterocycles. The van der Waals surface area contributed by atoms with Gasteiger partial charge in [-0.05, 0) is 18.2 Å². The molecule has 1 fully saturated rings. The average Bonchev–Trinajstić information content (AvgIpc) is 2.29. The number of anilines is 1. The molecule has 1 aromatic carbocycles. The molecular formula is C11H16FN2O2S+. The molecule has 0 bridgehead atoms. The molecule has 0 saturated carbocycles. The number of nitrogens with two attached hydrogens (primary N) is 1. The van der Waals surface area contributed by atoms with E-state index in [0.29, 0.717) is 5.69 Å². The van der Waals surface area contributed by atoms with Crippen LogP contribution in [0.1, 0.15) is 0 Å². The molecule has 2 rings (SSSR count). The summed E-state index contributed by atoms with van der Waals surface area (Å²) in [6.07, 6.45) is 1.08. The number of hydrogen-bond donors (Lipinski definition) is 1. The van der Waals surface area contributed by atoms with Crippen molar-refractivity contribution in [2.24, 2.45) is 0 Å². The Morgan fingerprint density at radius 1 is 1.29 bits per heavy atom. The van der Waals surface area contributed by atoms with Crippen molar-refractivity contribution < 1.29 is 18.1 Å². The lowest BCUT2D eigenvalue weighted by Gasteiger charge is -2.27. The number of sulfone groups is 1. The smallest absolute Gasteiger partial charge is 0.175 e. The number of hydrogen-bond acceptors (Lipinski definition) is 3. The third kappa shape index (κ3) is 2.76. The summed E-state index contributed by atoms with van der Waals surface area (Å²) >= 11 is 0. The second kappa shape index (κ2) is 4.62. The lowest BCUT2D eigenvalue weighted by molar-refractivity contribution is -0.655. The molecule has 0 radical (unpaired) electrons. The second-order valence-corrected chi connectivity index (χ2v) is 6.25. The van der Waals surface area contributed by atoms with Gasteiger partial charge in [-0.1, -0.05) is 0 Å². The maximum atomic E-state index is 13.8. The summed E-state index contributed by atoms with van der Waals surface area (Å²) in [7, 11) is -3.34. The molecule has 0 aliphatic carbocycles. The Morgan fingerprint density at radius 3 is 2.47 bits per heavy atom. The van der Waals surface area contributed by atoms with Crippen molar-refractivity contribution in [2.75, 3.05) is 37.3 Å². The first kappa shape index (κ1) is 12.3.